The molecule has 2 rings (SSSR count). The molecule has 0 atom stereocenters. The quantitative estimate of drug-likeness (QED) is 0.742. The normalized spacial score (nSPS) is 10.6. The first-order valence-electron chi connectivity index (χ1n) is 5.68. The van der Waals surface area contributed by atoms with Crippen molar-refractivity contribution in [2.75, 3.05) is 0 Å². The van der Waals surface area contributed by atoms with Crippen LogP contribution in [0.4, 0.5) is 8.78 Å². The molecule has 2 aromatic rings. The van der Waals surface area contributed by atoms with Crippen molar-refractivity contribution in [3.63, 3.8) is 0 Å². The van der Waals surface area contributed by atoms with Gasteiger partial charge >= 0.3 is 0 Å². The Hall–Kier alpha value is -1.74. The van der Waals surface area contributed by atoms with Crippen molar-refractivity contribution < 1.29 is 13.6 Å². The van der Waals surface area contributed by atoms with E-state index in [1.807, 2.05) is 0 Å². The van der Waals surface area contributed by atoms with E-state index in [9.17, 15) is 13.6 Å². The van der Waals surface area contributed by atoms with Gasteiger partial charge in [0.25, 0.3) is 0 Å². The van der Waals surface area contributed by atoms with Gasteiger partial charge in [-0.15, -0.1) is 0 Å². The molecule has 2 aromatic carbocycles. The standard InChI is InChI=1S/C15H11ClF2O/c1-8-4-3-5-10(13(8)16)15(19)12-11(17)7-6-9(2)14(12)18/h3-7H,1-2H3. The minimum absolute atomic E-state index is 0.102. The first kappa shape index (κ1) is 13.7. The van der Waals surface area contributed by atoms with Crippen LogP contribution in [-0.2, 0) is 0 Å². The molecule has 0 amide bonds. The minimum Gasteiger partial charge on any atom is -0.288 e. The van der Waals surface area contributed by atoms with Crippen molar-refractivity contribution in [1.29, 1.82) is 0 Å². The van der Waals surface area contributed by atoms with Gasteiger partial charge in [-0.2, -0.15) is 0 Å². The van der Waals surface area contributed by atoms with Crippen LogP contribution in [0.15, 0.2) is 30.3 Å². The van der Waals surface area contributed by atoms with Gasteiger partial charge < -0.3 is 0 Å². The lowest BCUT2D eigenvalue weighted by Gasteiger charge is -2.09. The molecule has 4 heteroatoms. The van der Waals surface area contributed by atoms with Crippen LogP contribution in [0.3, 0.4) is 0 Å². The highest BCUT2D eigenvalue weighted by Gasteiger charge is 2.22. The summed E-state index contributed by atoms with van der Waals surface area (Å²) in [5, 5.41) is 0.216. The van der Waals surface area contributed by atoms with Crippen molar-refractivity contribution in [3.8, 4) is 0 Å². The average Bonchev–Trinajstić information content (AvgIpc) is 2.37. The fourth-order valence-electron chi connectivity index (χ4n) is 1.82. The van der Waals surface area contributed by atoms with E-state index in [0.717, 1.165) is 6.07 Å². The average molecular weight is 281 g/mol. The van der Waals surface area contributed by atoms with Gasteiger partial charge in [0.2, 0.25) is 0 Å². The molecule has 0 radical (unpaired) electrons. The summed E-state index contributed by atoms with van der Waals surface area (Å²) < 4.78 is 27.6. The molecule has 0 unspecified atom stereocenters. The fraction of sp³-hybridized carbons (Fsp3) is 0.133. The largest absolute Gasteiger partial charge is 0.288 e. The Bertz CT molecular complexity index is 665. The van der Waals surface area contributed by atoms with Crippen LogP contribution >= 0.6 is 11.6 Å². The van der Waals surface area contributed by atoms with Crippen molar-refractivity contribution in [1.82, 2.24) is 0 Å². The highest BCUT2D eigenvalue weighted by molar-refractivity contribution is 6.35. The monoisotopic (exact) mass is 280 g/mol. The first-order chi connectivity index (χ1) is 8.93. The number of carbonyl (C=O) groups is 1. The third-order valence-electron chi connectivity index (χ3n) is 2.95. The first-order valence-corrected chi connectivity index (χ1v) is 6.05. The zero-order valence-corrected chi connectivity index (χ0v) is 11.2. The number of carbonyl (C=O) groups excluding carboxylic acids is 1. The molecule has 0 N–H and O–H groups in total. The number of ketones is 1. The molecular formula is C15H11ClF2O. The summed E-state index contributed by atoms with van der Waals surface area (Å²) in [6.45, 7) is 3.20. The van der Waals surface area contributed by atoms with Gasteiger partial charge in [0.05, 0.1) is 10.6 Å². The second-order valence-electron chi connectivity index (χ2n) is 4.32. The van der Waals surface area contributed by atoms with Crippen molar-refractivity contribution in [2.24, 2.45) is 0 Å². The highest BCUT2D eigenvalue weighted by atomic mass is 35.5. The van der Waals surface area contributed by atoms with Crippen LogP contribution < -0.4 is 0 Å². The molecule has 0 heterocycles. The SMILES string of the molecule is Cc1ccc(F)c(C(=O)c2cccc(C)c2Cl)c1F. The molecule has 98 valence electrons. The Morgan fingerprint density at radius 1 is 1.05 bits per heavy atom. The van der Waals surface area contributed by atoms with Gasteiger partial charge in [-0.1, -0.05) is 29.8 Å². The van der Waals surface area contributed by atoms with Crippen molar-refractivity contribution in [3.05, 3.63) is 69.2 Å². The maximum atomic E-state index is 13.9. The molecule has 1 nitrogen and oxygen atoms in total. The van der Waals surface area contributed by atoms with E-state index in [1.165, 1.54) is 19.1 Å². The van der Waals surface area contributed by atoms with Crippen molar-refractivity contribution >= 4 is 17.4 Å². The smallest absolute Gasteiger partial charge is 0.200 e. The molecule has 0 aliphatic carbocycles. The van der Waals surface area contributed by atoms with E-state index in [2.05, 4.69) is 0 Å². The number of halogens is 3. The molecule has 0 aliphatic rings. The Morgan fingerprint density at radius 3 is 2.42 bits per heavy atom. The zero-order chi connectivity index (χ0) is 14.2. The second-order valence-corrected chi connectivity index (χ2v) is 4.70. The maximum Gasteiger partial charge on any atom is 0.200 e. The highest BCUT2D eigenvalue weighted by Crippen LogP contribution is 2.26. The Labute approximate surface area is 114 Å². The zero-order valence-electron chi connectivity index (χ0n) is 10.4. The van der Waals surface area contributed by atoms with Gasteiger partial charge in [-0.25, -0.2) is 8.78 Å². The van der Waals surface area contributed by atoms with Gasteiger partial charge in [0, 0.05) is 5.56 Å². The summed E-state index contributed by atoms with van der Waals surface area (Å²) in [4.78, 5) is 12.2. The Kier molecular flexibility index (Phi) is 3.67. The summed E-state index contributed by atoms with van der Waals surface area (Å²) in [5.41, 5.74) is 0.437. The third-order valence-corrected chi connectivity index (χ3v) is 3.45. The molecule has 19 heavy (non-hydrogen) atoms. The van der Waals surface area contributed by atoms with Crippen molar-refractivity contribution in [2.45, 2.75) is 13.8 Å². The maximum absolute atomic E-state index is 13.9. The lowest BCUT2D eigenvalue weighted by Crippen LogP contribution is -2.09. The molecule has 0 bridgehead atoms. The van der Waals surface area contributed by atoms with Gasteiger partial charge in [0.1, 0.15) is 11.6 Å². The van der Waals surface area contributed by atoms with Crippen LogP contribution in [0, 0.1) is 25.5 Å². The van der Waals surface area contributed by atoms with E-state index in [4.69, 9.17) is 11.6 Å². The topological polar surface area (TPSA) is 17.1 Å². The summed E-state index contributed by atoms with van der Waals surface area (Å²) in [7, 11) is 0. The molecule has 0 saturated heterocycles. The number of aryl methyl sites for hydroxylation is 2. The minimum atomic E-state index is -0.884. The van der Waals surface area contributed by atoms with E-state index < -0.39 is 23.0 Å². The number of hydrogen-bond donors (Lipinski definition) is 0. The predicted molar refractivity (Wildman–Crippen MR) is 70.7 cm³/mol. The van der Waals surface area contributed by atoms with E-state index >= 15 is 0 Å². The Balaban J connectivity index is 2.63. The molecule has 0 fully saturated rings. The molecule has 0 spiro atoms. The molecule has 0 aromatic heterocycles. The van der Waals surface area contributed by atoms with Gasteiger partial charge in [-0.3, -0.25) is 4.79 Å². The van der Waals surface area contributed by atoms with Crippen LogP contribution in [0.2, 0.25) is 5.02 Å². The molecular weight excluding hydrogens is 270 g/mol. The summed E-state index contributed by atoms with van der Waals surface area (Å²) >= 11 is 6.02. The van der Waals surface area contributed by atoms with E-state index in [-0.39, 0.29) is 16.1 Å². The predicted octanol–water partition coefficient (Wildman–Crippen LogP) is 4.47. The lowest BCUT2D eigenvalue weighted by atomic mass is 9.99. The summed E-state index contributed by atoms with van der Waals surface area (Å²) in [6.07, 6.45) is 0. The summed E-state index contributed by atoms with van der Waals surface area (Å²) in [5.74, 6) is -2.47. The number of hydrogen-bond acceptors (Lipinski definition) is 1. The van der Waals surface area contributed by atoms with Crippen LogP contribution in [-0.4, -0.2) is 5.78 Å². The molecule has 0 aliphatic heterocycles. The van der Waals surface area contributed by atoms with Gasteiger partial charge in [0.15, 0.2) is 5.78 Å². The van der Waals surface area contributed by atoms with Crippen LogP contribution in [0.5, 0.6) is 0 Å². The van der Waals surface area contributed by atoms with E-state index in [1.54, 1.807) is 19.1 Å². The number of rotatable bonds is 2. The van der Waals surface area contributed by atoms with Gasteiger partial charge in [-0.05, 0) is 37.1 Å². The van der Waals surface area contributed by atoms with Crippen LogP contribution in [0.25, 0.3) is 0 Å². The number of benzene rings is 2. The van der Waals surface area contributed by atoms with E-state index in [0.29, 0.717) is 5.56 Å². The molecule has 0 saturated carbocycles. The fourth-order valence-corrected chi connectivity index (χ4v) is 2.03. The third kappa shape index (κ3) is 2.38. The Morgan fingerprint density at radius 2 is 1.74 bits per heavy atom. The second kappa shape index (κ2) is 5.10. The lowest BCUT2D eigenvalue weighted by molar-refractivity contribution is 0.103. The van der Waals surface area contributed by atoms with Crippen LogP contribution in [0.1, 0.15) is 27.0 Å². The summed E-state index contributed by atoms with van der Waals surface area (Å²) in [6, 6.07) is 7.18.